The minimum Gasteiger partial charge on any atom is -0.341 e. The van der Waals surface area contributed by atoms with E-state index < -0.39 is 0 Å². The maximum absolute atomic E-state index is 12.8. The van der Waals surface area contributed by atoms with Crippen molar-refractivity contribution in [2.45, 2.75) is 46.0 Å². The highest BCUT2D eigenvalue weighted by Crippen LogP contribution is 2.38. The highest BCUT2D eigenvalue weighted by Gasteiger charge is 2.26. The highest BCUT2D eigenvalue weighted by molar-refractivity contribution is 6.22. The molecule has 0 saturated heterocycles. The van der Waals surface area contributed by atoms with Gasteiger partial charge in [0.15, 0.2) is 5.78 Å². The van der Waals surface area contributed by atoms with Gasteiger partial charge in [0.1, 0.15) is 5.82 Å². The van der Waals surface area contributed by atoms with Crippen LogP contribution in [0.4, 0.5) is 17.6 Å². The molecule has 1 aliphatic rings. The monoisotopic (exact) mass is 491 g/mol. The van der Waals surface area contributed by atoms with Crippen LogP contribution in [-0.4, -0.2) is 33.8 Å². The van der Waals surface area contributed by atoms with Gasteiger partial charge in [-0.25, -0.2) is 0 Å². The SMILES string of the molecule is CCCN(CCC)c1nc(CCCc2ccccc2)nc(Nc2ccc3c(c2)-c2ccccc2C3=O)n1. The fraction of sp³-hybridized carbons (Fsp3) is 0.290. The molecule has 6 nitrogen and oxygen atoms in total. The molecule has 5 rings (SSSR count). The molecule has 3 aromatic carbocycles. The molecule has 0 atom stereocenters. The van der Waals surface area contributed by atoms with Crippen molar-refractivity contribution in [3.8, 4) is 11.1 Å². The zero-order valence-electron chi connectivity index (χ0n) is 21.6. The molecule has 188 valence electrons. The van der Waals surface area contributed by atoms with Gasteiger partial charge in [-0.1, -0.05) is 68.4 Å². The first-order valence-electron chi connectivity index (χ1n) is 13.2. The molecule has 6 heteroatoms. The van der Waals surface area contributed by atoms with Gasteiger partial charge in [0, 0.05) is 36.3 Å². The first-order valence-corrected chi connectivity index (χ1v) is 13.2. The number of ketones is 1. The molecular weight excluding hydrogens is 458 g/mol. The van der Waals surface area contributed by atoms with Gasteiger partial charge in [-0.2, -0.15) is 15.0 Å². The Labute approximate surface area is 218 Å². The summed E-state index contributed by atoms with van der Waals surface area (Å²) in [6.07, 6.45) is 4.77. The number of aryl methyl sites for hydroxylation is 2. The van der Waals surface area contributed by atoms with E-state index in [0.29, 0.717) is 5.95 Å². The lowest BCUT2D eigenvalue weighted by atomic mass is 10.1. The second-order valence-corrected chi connectivity index (χ2v) is 9.46. The van der Waals surface area contributed by atoms with Crippen LogP contribution >= 0.6 is 0 Å². The van der Waals surface area contributed by atoms with E-state index in [9.17, 15) is 4.79 Å². The van der Waals surface area contributed by atoms with Crippen molar-refractivity contribution in [3.63, 3.8) is 0 Å². The number of benzene rings is 3. The Kier molecular flexibility index (Phi) is 7.54. The van der Waals surface area contributed by atoms with Gasteiger partial charge >= 0.3 is 0 Å². The Morgan fingerprint density at radius 2 is 1.43 bits per heavy atom. The lowest BCUT2D eigenvalue weighted by molar-refractivity contribution is 0.104. The van der Waals surface area contributed by atoms with Crippen LogP contribution < -0.4 is 10.2 Å². The zero-order chi connectivity index (χ0) is 25.6. The van der Waals surface area contributed by atoms with Crippen molar-refractivity contribution in [1.82, 2.24) is 15.0 Å². The van der Waals surface area contributed by atoms with Crippen LogP contribution in [0.15, 0.2) is 72.8 Å². The molecular formula is C31H33N5O. The summed E-state index contributed by atoms with van der Waals surface area (Å²) in [7, 11) is 0. The maximum Gasteiger partial charge on any atom is 0.232 e. The molecule has 1 N–H and O–H groups in total. The largest absolute Gasteiger partial charge is 0.341 e. The Morgan fingerprint density at radius 3 is 2.19 bits per heavy atom. The molecule has 0 radical (unpaired) electrons. The summed E-state index contributed by atoms with van der Waals surface area (Å²) >= 11 is 0. The van der Waals surface area contributed by atoms with E-state index in [0.717, 1.165) is 84.9 Å². The van der Waals surface area contributed by atoms with Gasteiger partial charge in [0.05, 0.1) is 0 Å². The molecule has 0 spiro atoms. The molecule has 1 aliphatic carbocycles. The summed E-state index contributed by atoms with van der Waals surface area (Å²) in [5.74, 6) is 2.13. The van der Waals surface area contributed by atoms with E-state index in [-0.39, 0.29) is 5.78 Å². The summed E-state index contributed by atoms with van der Waals surface area (Å²) in [5.41, 5.74) is 5.59. The first-order chi connectivity index (χ1) is 18.2. The third kappa shape index (κ3) is 5.53. The van der Waals surface area contributed by atoms with E-state index in [1.165, 1.54) is 5.56 Å². The predicted molar refractivity (Wildman–Crippen MR) is 150 cm³/mol. The van der Waals surface area contributed by atoms with Gasteiger partial charge in [0.25, 0.3) is 0 Å². The van der Waals surface area contributed by atoms with Crippen molar-refractivity contribution >= 4 is 23.4 Å². The molecule has 0 unspecified atom stereocenters. The summed E-state index contributed by atoms with van der Waals surface area (Å²) in [4.78, 5) is 29.5. The maximum atomic E-state index is 12.8. The number of carbonyl (C=O) groups excluding carboxylic acids is 1. The zero-order valence-corrected chi connectivity index (χ0v) is 21.6. The highest BCUT2D eigenvalue weighted by atomic mass is 16.1. The van der Waals surface area contributed by atoms with Crippen molar-refractivity contribution in [2.24, 2.45) is 0 Å². The number of rotatable bonds is 11. The van der Waals surface area contributed by atoms with Crippen LogP contribution in [0.2, 0.25) is 0 Å². The van der Waals surface area contributed by atoms with Gasteiger partial charge in [-0.3, -0.25) is 4.79 Å². The fourth-order valence-electron chi connectivity index (χ4n) is 4.90. The van der Waals surface area contributed by atoms with Gasteiger partial charge in [-0.05, 0) is 60.6 Å². The molecule has 4 aromatic rings. The van der Waals surface area contributed by atoms with Gasteiger partial charge < -0.3 is 10.2 Å². The molecule has 1 aromatic heterocycles. The lowest BCUT2D eigenvalue weighted by Crippen LogP contribution is -2.28. The summed E-state index contributed by atoms with van der Waals surface area (Å²) in [5, 5.41) is 3.41. The number of nitrogens with one attached hydrogen (secondary N) is 1. The third-order valence-corrected chi connectivity index (χ3v) is 6.63. The van der Waals surface area contributed by atoms with Gasteiger partial charge in [0.2, 0.25) is 11.9 Å². The van der Waals surface area contributed by atoms with E-state index in [4.69, 9.17) is 15.0 Å². The summed E-state index contributed by atoms with van der Waals surface area (Å²) < 4.78 is 0. The average molecular weight is 492 g/mol. The molecule has 37 heavy (non-hydrogen) atoms. The number of anilines is 3. The van der Waals surface area contributed by atoms with Crippen LogP contribution in [0, 0.1) is 0 Å². The quantitative estimate of drug-likeness (QED) is 0.224. The smallest absolute Gasteiger partial charge is 0.232 e. The number of aromatic nitrogens is 3. The number of fused-ring (bicyclic) bond motifs is 3. The summed E-state index contributed by atoms with van der Waals surface area (Å²) in [6, 6.07) is 24.1. The minimum atomic E-state index is 0.0788. The molecule has 0 aliphatic heterocycles. The molecule has 0 bridgehead atoms. The van der Waals surface area contributed by atoms with Gasteiger partial charge in [-0.15, -0.1) is 0 Å². The summed E-state index contributed by atoms with van der Waals surface area (Å²) in [6.45, 7) is 6.15. The molecule has 0 amide bonds. The normalized spacial score (nSPS) is 11.8. The second kappa shape index (κ2) is 11.3. The van der Waals surface area contributed by atoms with Crippen LogP contribution in [0.5, 0.6) is 0 Å². The topological polar surface area (TPSA) is 71.0 Å². The van der Waals surface area contributed by atoms with E-state index in [1.54, 1.807) is 0 Å². The van der Waals surface area contributed by atoms with Crippen molar-refractivity contribution in [1.29, 1.82) is 0 Å². The Hall–Kier alpha value is -4.06. The third-order valence-electron chi connectivity index (χ3n) is 6.63. The van der Waals surface area contributed by atoms with Crippen LogP contribution in [0.3, 0.4) is 0 Å². The lowest BCUT2D eigenvalue weighted by Gasteiger charge is -2.22. The van der Waals surface area contributed by atoms with E-state index in [1.807, 2.05) is 48.5 Å². The fourth-order valence-corrected chi connectivity index (χ4v) is 4.90. The van der Waals surface area contributed by atoms with Crippen molar-refractivity contribution in [3.05, 3.63) is 95.3 Å². The van der Waals surface area contributed by atoms with Crippen molar-refractivity contribution < 1.29 is 4.79 Å². The molecule has 1 heterocycles. The number of carbonyl (C=O) groups is 1. The second-order valence-electron chi connectivity index (χ2n) is 9.46. The Bertz CT molecular complexity index is 1380. The molecule has 0 saturated carbocycles. The Morgan fingerprint density at radius 1 is 0.730 bits per heavy atom. The standard InChI is InChI=1S/C31H33N5O/c1-3-19-36(20-4-2)31-34-28(16-10-13-22-11-6-5-7-12-22)33-30(35-31)32-23-17-18-26-27(21-23)24-14-8-9-15-25(24)29(26)37/h5-9,11-12,14-15,17-18,21H,3-4,10,13,16,19-20H2,1-2H3,(H,32,33,34,35). The number of hydrogen-bond donors (Lipinski definition) is 1. The van der Waals surface area contributed by atoms with E-state index >= 15 is 0 Å². The first kappa shape index (κ1) is 24.6. The number of nitrogens with zero attached hydrogens (tertiary/aromatic N) is 4. The van der Waals surface area contributed by atoms with E-state index in [2.05, 4.69) is 48.3 Å². The van der Waals surface area contributed by atoms with Crippen LogP contribution in [0.1, 0.15) is 60.4 Å². The van der Waals surface area contributed by atoms with Crippen LogP contribution in [0.25, 0.3) is 11.1 Å². The molecule has 0 fully saturated rings. The van der Waals surface area contributed by atoms with Crippen LogP contribution in [-0.2, 0) is 12.8 Å². The average Bonchev–Trinajstić information content (AvgIpc) is 3.20. The minimum absolute atomic E-state index is 0.0788. The van der Waals surface area contributed by atoms with Crippen molar-refractivity contribution in [2.75, 3.05) is 23.3 Å². The Balaban J connectivity index is 1.42. The predicted octanol–water partition coefficient (Wildman–Crippen LogP) is 6.63. The number of hydrogen-bond acceptors (Lipinski definition) is 6.